The quantitative estimate of drug-likeness (QED) is 0.263. The minimum absolute atomic E-state index is 0.0765. The summed E-state index contributed by atoms with van der Waals surface area (Å²) in [5.74, 6) is -0.209. The minimum atomic E-state index is -0.233. The van der Waals surface area contributed by atoms with Crippen molar-refractivity contribution in [2.75, 3.05) is 6.54 Å². The smallest absolute Gasteiger partial charge is 0.224 e. The molecule has 1 amide bonds. The van der Waals surface area contributed by atoms with Gasteiger partial charge in [0.2, 0.25) is 5.91 Å². The second-order valence-corrected chi connectivity index (χ2v) is 4.08. The molecule has 1 aromatic rings. The lowest BCUT2D eigenvalue weighted by Crippen LogP contribution is -2.35. The van der Waals surface area contributed by atoms with Gasteiger partial charge >= 0.3 is 0 Å². The highest BCUT2D eigenvalue weighted by Gasteiger charge is 2.10. The summed E-state index contributed by atoms with van der Waals surface area (Å²) in [6.07, 6.45) is 0.178. The number of hydrogen-bond donors (Lipinski definition) is 4. The number of aromatic hydroxyl groups is 1. The Balaban J connectivity index is 2.43. The third kappa shape index (κ3) is 4.32. The number of phenols is 1. The molecular weight excluding hydrogens is 234 g/mol. The molecule has 1 atom stereocenters. The number of nitrogens with zero attached hydrogens (tertiary/aromatic N) is 1. The molecule has 98 valence electrons. The number of nitrogens with one attached hydrogen (secondary N) is 1. The van der Waals surface area contributed by atoms with E-state index in [-0.39, 0.29) is 29.8 Å². The molecule has 0 saturated heterocycles. The van der Waals surface area contributed by atoms with Crippen LogP contribution in [0.3, 0.4) is 0 Å². The molecule has 0 aliphatic rings. The van der Waals surface area contributed by atoms with E-state index in [0.29, 0.717) is 6.54 Å². The van der Waals surface area contributed by atoms with Gasteiger partial charge < -0.3 is 21.4 Å². The highest BCUT2D eigenvalue weighted by molar-refractivity contribution is 5.83. The van der Waals surface area contributed by atoms with Crippen LogP contribution < -0.4 is 11.1 Å². The number of carbonyl (C=O) groups is 1. The van der Waals surface area contributed by atoms with Crippen molar-refractivity contribution in [3.63, 3.8) is 0 Å². The van der Waals surface area contributed by atoms with Gasteiger partial charge in [0.15, 0.2) is 0 Å². The molecular formula is C12H17N3O3. The lowest BCUT2D eigenvalue weighted by atomic mass is 10.1. The molecule has 0 aliphatic carbocycles. The number of amides is 1. The molecule has 0 aromatic heterocycles. The van der Waals surface area contributed by atoms with E-state index >= 15 is 0 Å². The van der Waals surface area contributed by atoms with Gasteiger partial charge in [-0.3, -0.25) is 4.79 Å². The molecule has 0 aliphatic heterocycles. The summed E-state index contributed by atoms with van der Waals surface area (Å²) in [7, 11) is 0. The van der Waals surface area contributed by atoms with E-state index in [2.05, 4.69) is 10.5 Å². The molecule has 6 nitrogen and oxygen atoms in total. The number of oxime groups is 1. The van der Waals surface area contributed by atoms with E-state index in [4.69, 9.17) is 10.9 Å². The summed E-state index contributed by atoms with van der Waals surface area (Å²) < 4.78 is 0. The Morgan fingerprint density at radius 2 is 2.28 bits per heavy atom. The summed E-state index contributed by atoms with van der Waals surface area (Å²) in [6.45, 7) is 2.04. The van der Waals surface area contributed by atoms with E-state index in [0.717, 1.165) is 5.56 Å². The average Bonchev–Trinajstić information content (AvgIpc) is 2.35. The van der Waals surface area contributed by atoms with E-state index in [9.17, 15) is 9.90 Å². The third-order valence-electron chi connectivity index (χ3n) is 2.50. The van der Waals surface area contributed by atoms with Gasteiger partial charge in [0.05, 0.1) is 6.42 Å². The molecule has 0 fully saturated rings. The van der Waals surface area contributed by atoms with Crippen molar-refractivity contribution in [3.05, 3.63) is 29.8 Å². The van der Waals surface area contributed by atoms with E-state index in [1.807, 2.05) is 0 Å². The normalized spacial score (nSPS) is 13.1. The first-order valence-electron chi connectivity index (χ1n) is 5.55. The lowest BCUT2D eigenvalue weighted by molar-refractivity contribution is -0.120. The number of phenolic OH excluding ortho intramolecular Hbond substituents is 1. The molecule has 1 aromatic carbocycles. The Morgan fingerprint density at radius 3 is 2.89 bits per heavy atom. The van der Waals surface area contributed by atoms with Crippen LogP contribution in [-0.2, 0) is 11.2 Å². The van der Waals surface area contributed by atoms with Crippen LogP contribution in [0.25, 0.3) is 0 Å². The predicted octanol–water partition coefficient (Wildman–Crippen LogP) is 0.433. The van der Waals surface area contributed by atoms with Gasteiger partial charge in [-0.05, 0) is 17.7 Å². The van der Waals surface area contributed by atoms with Crippen LogP contribution in [-0.4, -0.2) is 28.6 Å². The summed E-state index contributed by atoms with van der Waals surface area (Å²) in [5.41, 5.74) is 6.12. The number of amidine groups is 1. The zero-order valence-corrected chi connectivity index (χ0v) is 10.1. The van der Waals surface area contributed by atoms with Crippen molar-refractivity contribution in [1.29, 1.82) is 0 Å². The second kappa shape index (κ2) is 6.48. The zero-order chi connectivity index (χ0) is 13.5. The predicted molar refractivity (Wildman–Crippen MR) is 67.4 cm³/mol. The van der Waals surface area contributed by atoms with Gasteiger partial charge in [-0.2, -0.15) is 0 Å². The number of hydrogen-bond acceptors (Lipinski definition) is 4. The van der Waals surface area contributed by atoms with E-state index in [1.165, 1.54) is 6.07 Å². The van der Waals surface area contributed by atoms with Crippen molar-refractivity contribution < 1.29 is 15.1 Å². The molecule has 18 heavy (non-hydrogen) atoms. The van der Waals surface area contributed by atoms with Crippen molar-refractivity contribution in [2.45, 2.75) is 13.3 Å². The molecule has 6 heteroatoms. The fourth-order valence-electron chi connectivity index (χ4n) is 1.38. The van der Waals surface area contributed by atoms with Crippen molar-refractivity contribution in [2.24, 2.45) is 16.8 Å². The summed E-state index contributed by atoms with van der Waals surface area (Å²) in [6, 6.07) is 6.51. The van der Waals surface area contributed by atoms with Crippen molar-refractivity contribution >= 4 is 11.7 Å². The van der Waals surface area contributed by atoms with E-state index < -0.39 is 0 Å². The number of carbonyl (C=O) groups excluding carboxylic acids is 1. The Labute approximate surface area is 105 Å². The Kier molecular flexibility index (Phi) is 4.98. The summed E-state index contributed by atoms with van der Waals surface area (Å²) in [4.78, 5) is 11.6. The van der Waals surface area contributed by atoms with Crippen LogP contribution in [0, 0.1) is 5.92 Å². The first kappa shape index (κ1) is 13.8. The van der Waals surface area contributed by atoms with Crippen LogP contribution in [0.15, 0.2) is 29.4 Å². The average molecular weight is 251 g/mol. The van der Waals surface area contributed by atoms with Gasteiger partial charge in [-0.1, -0.05) is 24.2 Å². The number of benzene rings is 1. The summed E-state index contributed by atoms with van der Waals surface area (Å²) >= 11 is 0. The maximum Gasteiger partial charge on any atom is 0.224 e. The lowest BCUT2D eigenvalue weighted by Gasteiger charge is -2.11. The van der Waals surface area contributed by atoms with Crippen LogP contribution in [0.1, 0.15) is 12.5 Å². The first-order valence-corrected chi connectivity index (χ1v) is 5.55. The molecule has 0 saturated carbocycles. The molecule has 5 N–H and O–H groups in total. The van der Waals surface area contributed by atoms with Gasteiger partial charge in [-0.25, -0.2) is 0 Å². The molecule has 1 unspecified atom stereocenters. The van der Waals surface area contributed by atoms with Gasteiger partial charge in [0.1, 0.15) is 11.6 Å². The van der Waals surface area contributed by atoms with Gasteiger partial charge in [-0.15, -0.1) is 0 Å². The molecule has 1 rings (SSSR count). The molecule has 0 bridgehead atoms. The SMILES string of the molecule is CC(CNC(=O)Cc1cccc(O)c1)/C(N)=N/O. The van der Waals surface area contributed by atoms with Gasteiger partial charge in [0.25, 0.3) is 0 Å². The highest BCUT2D eigenvalue weighted by Crippen LogP contribution is 2.11. The van der Waals surface area contributed by atoms with Crippen LogP contribution >= 0.6 is 0 Å². The molecule has 0 spiro atoms. The fourth-order valence-corrected chi connectivity index (χ4v) is 1.38. The van der Waals surface area contributed by atoms with Crippen LogP contribution in [0.2, 0.25) is 0 Å². The fraction of sp³-hybridized carbons (Fsp3) is 0.333. The monoisotopic (exact) mass is 251 g/mol. The topological polar surface area (TPSA) is 108 Å². The third-order valence-corrected chi connectivity index (χ3v) is 2.50. The van der Waals surface area contributed by atoms with E-state index in [1.54, 1.807) is 25.1 Å². The number of rotatable bonds is 5. The zero-order valence-electron chi connectivity index (χ0n) is 10.1. The molecule has 0 heterocycles. The van der Waals surface area contributed by atoms with Crippen molar-refractivity contribution in [3.8, 4) is 5.75 Å². The Morgan fingerprint density at radius 1 is 1.56 bits per heavy atom. The molecule has 0 radical (unpaired) electrons. The Hall–Kier alpha value is -2.24. The minimum Gasteiger partial charge on any atom is -0.508 e. The van der Waals surface area contributed by atoms with Crippen LogP contribution in [0.5, 0.6) is 5.75 Å². The first-order chi connectivity index (χ1) is 8.52. The summed E-state index contributed by atoms with van der Waals surface area (Å²) in [5, 5.41) is 23.3. The maximum atomic E-state index is 11.6. The standard InChI is InChI=1S/C12H17N3O3/c1-8(12(13)15-18)7-14-11(17)6-9-3-2-4-10(16)5-9/h2-5,8,16,18H,6-7H2,1H3,(H2,13,15)(H,14,17). The van der Waals surface area contributed by atoms with Crippen LogP contribution in [0.4, 0.5) is 0 Å². The number of nitrogens with two attached hydrogens (primary N) is 1. The maximum absolute atomic E-state index is 11.6. The second-order valence-electron chi connectivity index (χ2n) is 4.08. The largest absolute Gasteiger partial charge is 0.508 e. The highest BCUT2D eigenvalue weighted by atomic mass is 16.4. The van der Waals surface area contributed by atoms with Crippen molar-refractivity contribution in [1.82, 2.24) is 5.32 Å². The Bertz CT molecular complexity index is 446. The van der Waals surface area contributed by atoms with Gasteiger partial charge in [0, 0.05) is 12.5 Å².